The standard InChI is InChI=1S/C28H30F3N5O3S/c1-32-19-39-27-17-22(40(3,37)38)9-10-25(27)33-13-5-6-21-16-23-24(34-20-11-14-35(2)15-12-20)7-4-8-26(23)36(21)18-28(29,30)31/h4,7-10,16-17,20,33-34H,11-15,18-19H2,2-3H3. The van der Waals surface area contributed by atoms with Crippen LogP contribution in [0.5, 0.6) is 5.75 Å². The fraction of sp³-hybridized carbons (Fsp3) is 0.393. The van der Waals surface area contributed by atoms with Crippen LogP contribution in [0.25, 0.3) is 15.7 Å². The molecule has 1 saturated heterocycles. The van der Waals surface area contributed by atoms with E-state index in [4.69, 9.17) is 11.3 Å². The van der Waals surface area contributed by atoms with Gasteiger partial charge in [-0.25, -0.2) is 15.0 Å². The zero-order valence-electron chi connectivity index (χ0n) is 22.2. The van der Waals surface area contributed by atoms with Gasteiger partial charge in [-0.1, -0.05) is 12.0 Å². The van der Waals surface area contributed by atoms with Crippen LogP contribution < -0.4 is 15.4 Å². The van der Waals surface area contributed by atoms with E-state index in [1.54, 1.807) is 18.2 Å². The number of piperidine rings is 1. The van der Waals surface area contributed by atoms with E-state index in [1.165, 1.54) is 22.8 Å². The van der Waals surface area contributed by atoms with Crippen molar-refractivity contribution < 1.29 is 26.3 Å². The Morgan fingerprint density at radius 3 is 2.58 bits per heavy atom. The van der Waals surface area contributed by atoms with Gasteiger partial charge in [-0.2, -0.15) is 13.2 Å². The number of nitrogens with zero attached hydrogens (tertiary/aromatic N) is 3. The van der Waals surface area contributed by atoms with Crippen molar-refractivity contribution in [2.45, 2.75) is 36.5 Å². The quantitative estimate of drug-likeness (QED) is 0.297. The molecular formula is C28H30F3N5O3S. The maximum atomic E-state index is 13.5. The molecule has 0 unspecified atom stereocenters. The van der Waals surface area contributed by atoms with Gasteiger partial charge in [0.25, 0.3) is 0 Å². The maximum absolute atomic E-state index is 13.5. The molecule has 1 aromatic heterocycles. The average Bonchev–Trinajstić information content (AvgIpc) is 3.23. The van der Waals surface area contributed by atoms with Crippen LogP contribution in [0.1, 0.15) is 18.5 Å². The number of fused-ring (bicyclic) bond motifs is 1. The zero-order valence-corrected chi connectivity index (χ0v) is 23.0. The molecule has 2 aromatic carbocycles. The second kappa shape index (κ2) is 12.1. The van der Waals surface area contributed by atoms with Gasteiger partial charge in [-0.05, 0) is 69.2 Å². The van der Waals surface area contributed by atoms with Crippen LogP contribution in [0.3, 0.4) is 0 Å². The minimum atomic E-state index is -4.44. The smallest absolute Gasteiger partial charge is 0.406 e. The van der Waals surface area contributed by atoms with Gasteiger partial charge in [0.15, 0.2) is 15.6 Å². The molecule has 0 bridgehead atoms. The van der Waals surface area contributed by atoms with Crippen LogP contribution in [0.15, 0.2) is 47.4 Å². The first kappa shape index (κ1) is 29.1. The molecule has 8 nitrogen and oxygen atoms in total. The van der Waals surface area contributed by atoms with Gasteiger partial charge in [0, 0.05) is 29.4 Å². The molecule has 1 fully saturated rings. The molecule has 12 heteroatoms. The first-order valence-electron chi connectivity index (χ1n) is 12.6. The number of ether oxygens (including phenoxy) is 1. The topological polar surface area (TPSA) is 80.0 Å². The largest absolute Gasteiger partial charge is 0.424 e. The summed E-state index contributed by atoms with van der Waals surface area (Å²) in [5.41, 5.74) is 1.86. The molecule has 0 spiro atoms. The van der Waals surface area contributed by atoms with Crippen molar-refractivity contribution in [3.05, 3.63) is 59.6 Å². The van der Waals surface area contributed by atoms with Crippen molar-refractivity contribution in [3.63, 3.8) is 0 Å². The molecule has 0 atom stereocenters. The van der Waals surface area contributed by atoms with Crippen LogP contribution in [-0.2, 0) is 16.4 Å². The van der Waals surface area contributed by atoms with E-state index in [2.05, 4.69) is 39.3 Å². The fourth-order valence-electron chi connectivity index (χ4n) is 4.61. The van der Waals surface area contributed by atoms with Gasteiger partial charge in [0.1, 0.15) is 6.54 Å². The fourth-order valence-corrected chi connectivity index (χ4v) is 5.25. The summed E-state index contributed by atoms with van der Waals surface area (Å²) in [4.78, 5) is 5.41. The summed E-state index contributed by atoms with van der Waals surface area (Å²) in [6.45, 7) is 7.40. The van der Waals surface area contributed by atoms with Crippen molar-refractivity contribution in [1.82, 2.24) is 9.47 Å². The highest BCUT2D eigenvalue weighted by molar-refractivity contribution is 7.90. The molecule has 1 aliphatic rings. The molecule has 2 N–H and O–H groups in total. The third-order valence-electron chi connectivity index (χ3n) is 6.61. The molecule has 1 aliphatic heterocycles. The van der Waals surface area contributed by atoms with Crippen molar-refractivity contribution in [3.8, 4) is 17.6 Å². The Hall–Kier alpha value is -3.87. The van der Waals surface area contributed by atoms with Crippen molar-refractivity contribution in [2.24, 2.45) is 0 Å². The van der Waals surface area contributed by atoms with Crippen molar-refractivity contribution >= 4 is 32.1 Å². The van der Waals surface area contributed by atoms with E-state index < -0.39 is 22.6 Å². The molecule has 4 rings (SSSR count). The molecule has 212 valence electrons. The number of halogens is 3. The number of nitrogens with one attached hydrogen (secondary N) is 2. The number of hydrogen-bond donors (Lipinski definition) is 2. The molecule has 0 amide bonds. The molecule has 0 aliphatic carbocycles. The lowest BCUT2D eigenvalue weighted by Crippen LogP contribution is -2.36. The van der Waals surface area contributed by atoms with Gasteiger partial charge in [0.2, 0.25) is 0 Å². The number of hydrogen-bond acceptors (Lipinski definition) is 6. The summed E-state index contributed by atoms with van der Waals surface area (Å²) in [6.07, 6.45) is -1.48. The Balaban J connectivity index is 1.60. The van der Waals surface area contributed by atoms with Gasteiger partial charge in [-0.3, -0.25) is 4.85 Å². The molecule has 0 saturated carbocycles. The number of sulfone groups is 1. The van der Waals surface area contributed by atoms with Crippen LogP contribution in [-0.4, -0.2) is 69.8 Å². The van der Waals surface area contributed by atoms with E-state index >= 15 is 0 Å². The number of rotatable bonds is 8. The van der Waals surface area contributed by atoms with E-state index in [1.807, 2.05) is 6.07 Å². The number of likely N-dealkylation sites (tertiary alicyclic amines) is 1. The zero-order chi connectivity index (χ0) is 28.9. The Morgan fingerprint density at radius 1 is 1.15 bits per heavy atom. The van der Waals surface area contributed by atoms with Gasteiger partial charge < -0.3 is 24.8 Å². The predicted molar refractivity (Wildman–Crippen MR) is 149 cm³/mol. The summed E-state index contributed by atoms with van der Waals surface area (Å²) in [7, 11) is -1.42. The minimum absolute atomic E-state index is 0.0328. The van der Waals surface area contributed by atoms with Gasteiger partial charge in [-0.15, -0.1) is 0 Å². The summed E-state index contributed by atoms with van der Waals surface area (Å²) in [6, 6.07) is 11.4. The Bertz CT molecular complexity index is 1570. The third-order valence-corrected chi connectivity index (χ3v) is 7.72. The molecule has 0 radical (unpaired) electrons. The molecule has 3 aromatic rings. The second-order valence-electron chi connectivity index (χ2n) is 9.71. The lowest BCUT2D eigenvalue weighted by molar-refractivity contribution is -0.140. The number of anilines is 2. The van der Waals surface area contributed by atoms with Crippen LogP contribution in [0, 0.1) is 18.4 Å². The van der Waals surface area contributed by atoms with Gasteiger partial charge in [0.05, 0.1) is 28.3 Å². The monoisotopic (exact) mass is 573 g/mol. The second-order valence-corrected chi connectivity index (χ2v) is 11.7. The Labute approximate surface area is 231 Å². The highest BCUT2D eigenvalue weighted by Crippen LogP contribution is 2.31. The lowest BCUT2D eigenvalue weighted by atomic mass is 10.0. The molecule has 40 heavy (non-hydrogen) atoms. The van der Waals surface area contributed by atoms with E-state index in [0.29, 0.717) is 16.6 Å². The van der Waals surface area contributed by atoms with Crippen LogP contribution >= 0.6 is 0 Å². The van der Waals surface area contributed by atoms with Crippen LogP contribution in [0.2, 0.25) is 0 Å². The lowest BCUT2D eigenvalue weighted by Gasteiger charge is -2.30. The predicted octanol–water partition coefficient (Wildman–Crippen LogP) is 4.83. The van der Waals surface area contributed by atoms with Gasteiger partial charge >= 0.3 is 12.9 Å². The highest BCUT2D eigenvalue weighted by Gasteiger charge is 2.30. The molecular weight excluding hydrogens is 543 g/mol. The Morgan fingerprint density at radius 2 is 1.90 bits per heavy atom. The summed E-state index contributed by atoms with van der Waals surface area (Å²) >= 11 is 0. The summed E-state index contributed by atoms with van der Waals surface area (Å²) < 4.78 is 70.9. The number of alkyl halides is 3. The van der Waals surface area contributed by atoms with Crippen molar-refractivity contribution in [1.29, 1.82) is 0 Å². The van der Waals surface area contributed by atoms with Crippen molar-refractivity contribution in [2.75, 3.05) is 50.3 Å². The maximum Gasteiger partial charge on any atom is 0.406 e. The summed E-state index contributed by atoms with van der Waals surface area (Å²) in [5, 5.41) is 7.19. The third kappa shape index (κ3) is 7.40. The highest BCUT2D eigenvalue weighted by atomic mass is 32.2. The Kier molecular flexibility index (Phi) is 8.82. The number of aromatic nitrogens is 1. The SMILES string of the molecule is [C-]#[N+]COc1cc(S(C)(=O)=O)ccc1NCC#Cc1cc2c(NC3CCN(C)CC3)cccc2n1CC(F)(F)F. The summed E-state index contributed by atoms with van der Waals surface area (Å²) in [5.74, 6) is 5.89. The normalized spacial score (nSPS) is 14.8. The van der Waals surface area contributed by atoms with E-state index in [0.717, 1.165) is 37.9 Å². The number of benzene rings is 2. The first-order valence-corrected chi connectivity index (χ1v) is 14.5. The first-order chi connectivity index (χ1) is 18.9. The van der Waals surface area contributed by atoms with E-state index in [-0.39, 0.29) is 35.7 Å². The van der Waals surface area contributed by atoms with E-state index in [9.17, 15) is 21.6 Å². The van der Waals surface area contributed by atoms with Crippen LogP contribution in [0.4, 0.5) is 24.5 Å². The average molecular weight is 574 g/mol. The molecule has 2 heterocycles. The minimum Gasteiger partial charge on any atom is -0.424 e.